The fraction of sp³-hybridized carbons (Fsp3) is 0.167. The van der Waals surface area contributed by atoms with E-state index in [0.29, 0.717) is 0 Å². The molecule has 0 bridgehead atoms. The zero-order valence-corrected chi connectivity index (χ0v) is 13.1. The lowest BCUT2D eigenvalue weighted by atomic mass is 10.1. The molecule has 1 aliphatic rings. The van der Waals surface area contributed by atoms with Gasteiger partial charge in [-0.2, -0.15) is 0 Å². The molecule has 0 saturated carbocycles. The average Bonchev–Trinajstić information content (AvgIpc) is 2.96. The molecule has 2 heterocycles. The summed E-state index contributed by atoms with van der Waals surface area (Å²) in [6.45, 7) is 0.891. The predicted octanol–water partition coefficient (Wildman–Crippen LogP) is 3.76. The standard InChI is InChI=1S/C18H18N4O/c1-22-11-12-3-8-15-17(18(12)21-22)16(9-10-19-15)20-13-4-6-14(23-2)7-5-13/h3-10,21H,11H2,1-2H3,(H,19,20). The molecule has 1 aromatic heterocycles. The first-order chi connectivity index (χ1) is 11.2. The second-order valence-corrected chi connectivity index (χ2v) is 5.67. The molecule has 0 amide bonds. The maximum absolute atomic E-state index is 5.21. The van der Waals surface area contributed by atoms with Crippen molar-refractivity contribution >= 4 is 28.0 Å². The highest BCUT2D eigenvalue weighted by Crippen LogP contribution is 2.37. The molecule has 3 aromatic rings. The summed E-state index contributed by atoms with van der Waals surface area (Å²) in [4.78, 5) is 4.49. The van der Waals surface area contributed by atoms with Gasteiger partial charge in [0.15, 0.2) is 0 Å². The lowest BCUT2D eigenvalue weighted by molar-refractivity contribution is 0.415. The van der Waals surface area contributed by atoms with Crippen LogP contribution in [0.25, 0.3) is 10.9 Å². The van der Waals surface area contributed by atoms with Crippen LogP contribution in [-0.4, -0.2) is 24.2 Å². The second kappa shape index (κ2) is 5.44. The molecule has 5 nitrogen and oxygen atoms in total. The monoisotopic (exact) mass is 306 g/mol. The van der Waals surface area contributed by atoms with Gasteiger partial charge in [-0.15, -0.1) is 0 Å². The van der Waals surface area contributed by atoms with Crippen molar-refractivity contribution in [3.05, 3.63) is 54.2 Å². The Morgan fingerprint density at radius 2 is 1.96 bits per heavy atom. The lowest BCUT2D eigenvalue weighted by Crippen LogP contribution is -2.16. The van der Waals surface area contributed by atoms with Gasteiger partial charge in [-0.05, 0) is 42.0 Å². The normalized spacial score (nSPS) is 13.7. The lowest BCUT2D eigenvalue weighted by Gasteiger charge is -2.14. The predicted molar refractivity (Wildman–Crippen MR) is 93.1 cm³/mol. The molecule has 2 N–H and O–H groups in total. The molecule has 4 rings (SSSR count). The molecule has 0 aliphatic carbocycles. The third kappa shape index (κ3) is 2.45. The number of aromatic nitrogens is 1. The van der Waals surface area contributed by atoms with Crippen molar-refractivity contribution in [3.63, 3.8) is 0 Å². The fourth-order valence-corrected chi connectivity index (χ4v) is 2.97. The van der Waals surface area contributed by atoms with E-state index in [2.05, 4.69) is 32.9 Å². The van der Waals surface area contributed by atoms with Gasteiger partial charge in [0.25, 0.3) is 0 Å². The summed E-state index contributed by atoms with van der Waals surface area (Å²) in [5.74, 6) is 0.847. The molecule has 0 saturated heterocycles. The van der Waals surface area contributed by atoms with E-state index in [9.17, 15) is 0 Å². The zero-order valence-electron chi connectivity index (χ0n) is 13.1. The topological polar surface area (TPSA) is 49.4 Å². The quantitative estimate of drug-likeness (QED) is 0.771. The van der Waals surface area contributed by atoms with E-state index in [0.717, 1.165) is 40.3 Å². The Morgan fingerprint density at radius 1 is 1.13 bits per heavy atom. The van der Waals surface area contributed by atoms with E-state index in [1.165, 1.54) is 5.56 Å². The van der Waals surface area contributed by atoms with Gasteiger partial charge in [0.05, 0.1) is 24.0 Å². The summed E-state index contributed by atoms with van der Waals surface area (Å²) in [6.07, 6.45) is 1.83. The number of benzene rings is 2. The van der Waals surface area contributed by atoms with Gasteiger partial charge in [-0.3, -0.25) is 4.98 Å². The van der Waals surface area contributed by atoms with Crippen molar-refractivity contribution in [2.75, 3.05) is 24.9 Å². The number of hydrogen-bond acceptors (Lipinski definition) is 5. The summed E-state index contributed by atoms with van der Waals surface area (Å²) in [7, 11) is 3.71. The van der Waals surface area contributed by atoms with Gasteiger partial charge >= 0.3 is 0 Å². The molecule has 0 unspecified atom stereocenters. The van der Waals surface area contributed by atoms with Gasteiger partial charge < -0.3 is 15.5 Å². The summed E-state index contributed by atoms with van der Waals surface area (Å²) in [6, 6.07) is 14.1. The van der Waals surface area contributed by atoms with Gasteiger partial charge in [-0.1, -0.05) is 6.07 Å². The van der Waals surface area contributed by atoms with Gasteiger partial charge in [0.2, 0.25) is 0 Å². The smallest absolute Gasteiger partial charge is 0.119 e. The van der Waals surface area contributed by atoms with Crippen molar-refractivity contribution in [3.8, 4) is 5.75 Å². The Kier molecular flexibility index (Phi) is 3.28. The highest BCUT2D eigenvalue weighted by atomic mass is 16.5. The fourth-order valence-electron chi connectivity index (χ4n) is 2.97. The number of ether oxygens (including phenoxy) is 1. The van der Waals surface area contributed by atoms with Crippen LogP contribution < -0.4 is 15.5 Å². The minimum atomic E-state index is 0.847. The first-order valence-corrected chi connectivity index (χ1v) is 7.54. The number of nitrogens with zero attached hydrogens (tertiary/aromatic N) is 2. The Morgan fingerprint density at radius 3 is 2.74 bits per heavy atom. The van der Waals surface area contributed by atoms with Crippen LogP contribution in [0.1, 0.15) is 5.56 Å². The van der Waals surface area contributed by atoms with Crippen LogP contribution in [-0.2, 0) is 6.54 Å². The molecule has 5 heteroatoms. The van der Waals surface area contributed by atoms with E-state index in [1.54, 1.807) is 7.11 Å². The minimum Gasteiger partial charge on any atom is -0.497 e. The van der Waals surface area contributed by atoms with Crippen molar-refractivity contribution in [2.45, 2.75) is 6.54 Å². The Balaban J connectivity index is 1.79. The summed E-state index contributed by atoms with van der Waals surface area (Å²) in [5.41, 5.74) is 8.87. The van der Waals surface area contributed by atoms with Gasteiger partial charge in [0.1, 0.15) is 5.75 Å². The Hall–Kier alpha value is -2.79. The minimum absolute atomic E-state index is 0.847. The number of hydrazine groups is 1. The number of fused-ring (bicyclic) bond motifs is 3. The number of pyridine rings is 1. The van der Waals surface area contributed by atoms with Crippen LogP contribution in [0.3, 0.4) is 0 Å². The zero-order chi connectivity index (χ0) is 15.8. The number of nitrogens with one attached hydrogen (secondary N) is 2. The van der Waals surface area contributed by atoms with Crippen molar-refractivity contribution in [2.24, 2.45) is 0 Å². The number of methoxy groups -OCH3 is 1. The van der Waals surface area contributed by atoms with E-state index in [-0.39, 0.29) is 0 Å². The molecule has 23 heavy (non-hydrogen) atoms. The van der Waals surface area contributed by atoms with Gasteiger partial charge in [-0.25, -0.2) is 5.01 Å². The molecule has 0 fully saturated rings. The van der Waals surface area contributed by atoms with Crippen LogP contribution in [0, 0.1) is 0 Å². The molecule has 2 aromatic carbocycles. The van der Waals surface area contributed by atoms with E-state index in [1.807, 2.05) is 43.6 Å². The molecule has 0 radical (unpaired) electrons. The van der Waals surface area contributed by atoms with Crippen molar-refractivity contribution < 1.29 is 4.74 Å². The van der Waals surface area contributed by atoms with Crippen LogP contribution in [0.15, 0.2) is 48.7 Å². The van der Waals surface area contributed by atoms with Gasteiger partial charge in [0, 0.05) is 30.9 Å². The highest BCUT2D eigenvalue weighted by Gasteiger charge is 2.19. The number of hydrogen-bond donors (Lipinski definition) is 2. The molecule has 116 valence electrons. The van der Waals surface area contributed by atoms with Crippen LogP contribution >= 0.6 is 0 Å². The molecule has 0 atom stereocenters. The summed E-state index contributed by atoms with van der Waals surface area (Å²) < 4.78 is 5.21. The average molecular weight is 306 g/mol. The third-order valence-corrected chi connectivity index (χ3v) is 4.07. The van der Waals surface area contributed by atoms with E-state index in [4.69, 9.17) is 4.74 Å². The Bertz CT molecular complexity index is 861. The summed E-state index contributed by atoms with van der Waals surface area (Å²) in [5, 5.41) is 6.68. The second-order valence-electron chi connectivity index (χ2n) is 5.67. The molecule has 1 aliphatic heterocycles. The first kappa shape index (κ1) is 13.8. The van der Waals surface area contributed by atoms with E-state index < -0.39 is 0 Å². The Labute approximate surface area is 134 Å². The molecule has 0 spiro atoms. The van der Waals surface area contributed by atoms with Crippen molar-refractivity contribution in [1.82, 2.24) is 9.99 Å². The maximum Gasteiger partial charge on any atom is 0.119 e. The van der Waals surface area contributed by atoms with Crippen molar-refractivity contribution in [1.29, 1.82) is 0 Å². The summed E-state index contributed by atoms with van der Waals surface area (Å²) >= 11 is 0. The van der Waals surface area contributed by atoms with E-state index >= 15 is 0 Å². The molecular weight excluding hydrogens is 288 g/mol. The van der Waals surface area contributed by atoms with Crippen LogP contribution in [0.4, 0.5) is 17.1 Å². The first-order valence-electron chi connectivity index (χ1n) is 7.54. The maximum atomic E-state index is 5.21. The third-order valence-electron chi connectivity index (χ3n) is 4.07. The number of rotatable bonds is 3. The highest BCUT2D eigenvalue weighted by molar-refractivity contribution is 6.03. The number of anilines is 3. The van der Waals surface area contributed by atoms with Crippen LogP contribution in [0.2, 0.25) is 0 Å². The van der Waals surface area contributed by atoms with Crippen LogP contribution in [0.5, 0.6) is 5.75 Å². The molecular formula is C18H18N4O. The largest absolute Gasteiger partial charge is 0.497 e. The SMILES string of the molecule is COc1ccc(Nc2ccnc3ccc4c(c23)NN(C)C4)cc1.